The van der Waals surface area contributed by atoms with E-state index in [1.165, 1.54) is 6.42 Å². The first kappa shape index (κ1) is 15.8. The van der Waals surface area contributed by atoms with Crippen LogP contribution in [0, 0.1) is 12.8 Å². The van der Waals surface area contributed by atoms with Crippen LogP contribution in [0.25, 0.3) is 0 Å². The zero-order valence-corrected chi connectivity index (χ0v) is 13.0. The van der Waals surface area contributed by atoms with Gasteiger partial charge in [-0.05, 0) is 43.4 Å². The minimum Gasteiger partial charge on any atom is -0.492 e. The molecule has 0 bridgehead atoms. The minimum atomic E-state index is -0.693. The Balaban J connectivity index is 1.74. The van der Waals surface area contributed by atoms with E-state index in [2.05, 4.69) is 12.2 Å². The van der Waals surface area contributed by atoms with E-state index < -0.39 is 5.54 Å². The molecule has 1 aliphatic rings. The molecule has 116 valence electrons. The Labute approximate surface area is 127 Å². The lowest BCUT2D eigenvalue weighted by Gasteiger charge is -2.35. The molecule has 4 heteroatoms. The number of benzene rings is 1. The summed E-state index contributed by atoms with van der Waals surface area (Å²) < 4.78 is 5.62. The van der Waals surface area contributed by atoms with Crippen LogP contribution in [-0.2, 0) is 4.79 Å². The predicted octanol–water partition coefficient (Wildman–Crippen LogP) is 2.40. The quantitative estimate of drug-likeness (QED) is 0.818. The maximum absolute atomic E-state index is 12.2. The summed E-state index contributed by atoms with van der Waals surface area (Å²) in [5, 5.41) is 2.91. The van der Waals surface area contributed by atoms with Crippen LogP contribution >= 0.6 is 0 Å². The van der Waals surface area contributed by atoms with Gasteiger partial charge in [0.25, 0.3) is 0 Å². The summed E-state index contributed by atoms with van der Waals surface area (Å²) in [5.74, 6) is 1.32. The SMILES string of the molecule is Cc1cccc(OCCNC(=O)C2(N)CCCC(C)C2)c1. The summed E-state index contributed by atoms with van der Waals surface area (Å²) in [6.07, 6.45) is 3.76. The maximum atomic E-state index is 12.2. The third-order valence-corrected chi connectivity index (χ3v) is 4.13. The Morgan fingerprint density at radius 1 is 1.52 bits per heavy atom. The van der Waals surface area contributed by atoms with Gasteiger partial charge in [-0.25, -0.2) is 0 Å². The fourth-order valence-electron chi connectivity index (χ4n) is 3.01. The Bertz CT molecular complexity index is 489. The Hall–Kier alpha value is -1.55. The normalized spacial score (nSPS) is 25.4. The van der Waals surface area contributed by atoms with Crippen LogP contribution in [0.2, 0.25) is 0 Å². The second-order valence-corrected chi connectivity index (χ2v) is 6.28. The molecule has 2 atom stereocenters. The fraction of sp³-hybridized carbons (Fsp3) is 0.588. The largest absolute Gasteiger partial charge is 0.492 e. The molecule has 21 heavy (non-hydrogen) atoms. The number of hydrogen-bond acceptors (Lipinski definition) is 3. The van der Waals surface area contributed by atoms with Gasteiger partial charge in [-0.1, -0.05) is 31.9 Å². The fourth-order valence-corrected chi connectivity index (χ4v) is 3.01. The van der Waals surface area contributed by atoms with Gasteiger partial charge in [0.1, 0.15) is 12.4 Å². The molecule has 2 rings (SSSR count). The highest BCUT2D eigenvalue weighted by molar-refractivity contribution is 5.86. The molecule has 0 radical (unpaired) electrons. The summed E-state index contributed by atoms with van der Waals surface area (Å²) in [5.41, 5.74) is 6.72. The van der Waals surface area contributed by atoms with Crippen LogP contribution in [0.15, 0.2) is 24.3 Å². The summed E-state index contributed by atoms with van der Waals surface area (Å²) in [7, 11) is 0. The van der Waals surface area contributed by atoms with Gasteiger partial charge in [0.05, 0.1) is 12.1 Å². The van der Waals surface area contributed by atoms with E-state index in [4.69, 9.17) is 10.5 Å². The highest BCUT2D eigenvalue weighted by atomic mass is 16.5. The van der Waals surface area contributed by atoms with Gasteiger partial charge in [-0.2, -0.15) is 0 Å². The molecule has 1 amide bonds. The standard InChI is InChI=1S/C17H26N2O2/c1-13-5-3-7-15(11-13)21-10-9-19-16(20)17(18)8-4-6-14(2)12-17/h3,5,7,11,14H,4,6,8-10,12,18H2,1-2H3,(H,19,20). The monoisotopic (exact) mass is 290 g/mol. The van der Waals surface area contributed by atoms with Crippen LogP contribution in [0.4, 0.5) is 0 Å². The molecule has 0 aliphatic heterocycles. The van der Waals surface area contributed by atoms with Crippen LogP contribution in [0.5, 0.6) is 5.75 Å². The van der Waals surface area contributed by atoms with E-state index in [0.717, 1.165) is 30.6 Å². The number of hydrogen-bond donors (Lipinski definition) is 2. The van der Waals surface area contributed by atoms with Crippen molar-refractivity contribution < 1.29 is 9.53 Å². The number of aryl methyl sites for hydroxylation is 1. The summed E-state index contributed by atoms with van der Waals surface area (Å²) >= 11 is 0. The van der Waals surface area contributed by atoms with Crippen molar-refractivity contribution in [2.24, 2.45) is 11.7 Å². The first-order chi connectivity index (χ1) is 9.99. The highest BCUT2D eigenvalue weighted by Crippen LogP contribution is 2.30. The number of carbonyl (C=O) groups excluding carboxylic acids is 1. The third kappa shape index (κ3) is 4.46. The molecular weight excluding hydrogens is 264 g/mol. The van der Waals surface area contributed by atoms with Crippen molar-refractivity contribution in [3.63, 3.8) is 0 Å². The molecule has 3 N–H and O–H groups in total. The van der Waals surface area contributed by atoms with Crippen molar-refractivity contribution in [2.45, 2.75) is 45.1 Å². The zero-order valence-electron chi connectivity index (χ0n) is 13.0. The second kappa shape index (κ2) is 6.94. The maximum Gasteiger partial charge on any atom is 0.240 e. The van der Waals surface area contributed by atoms with Crippen molar-refractivity contribution in [3.05, 3.63) is 29.8 Å². The van der Waals surface area contributed by atoms with E-state index in [0.29, 0.717) is 19.1 Å². The van der Waals surface area contributed by atoms with Gasteiger partial charge in [-0.3, -0.25) is 4.79 Å². The van der Waals surface area contributed by atoms with Gasteiger partial charge < -0.3 is 15.8 Å². The molecule has 1 saturated carbocycles. The van der Waals surface area contributed by atoms with E-state index in [1.54, 1.807) is 0 Å². The van der Waals surface area contributed by atoms with Crippen LogP contribution < -0.4 is 15.8 Å². The predicted molar refractivity (Wildman–Crippen MR) is 84.2 cm³/mol. The smallest absolute Gasteiger partial charge is 0.240 e. The zero-order chi connectivity index (χ0) is 15.3. The van der Waals surface area contributed by atoms with Gasteiger partial charge >= 0.3 is 0 Å². The lowest BCUT2D eigenvalue weighted by atomic mass is 9.76. The summed E-state index contributed by atoms with van der Waals surface area (Å²) in [6.45, 7) is 5.13. The molecule has 4 nitrogen and oxygen atoms in total. The van der Waals surface area contributed by atoms with Crippen LogP contribution in [0.1, 0.15) is 38.2 Å². The van der Waals surface area contributed by atoms with Crippen LogP contribution in [0.3, 0.4) is 0 Å². The Kier molecular flexibility index (Phi) is 5.23. The van der Waals surface area contributed by atoms with Gasteiger partial charge in [0.2, 0.25) is 5.91 Å². The Morgan fingerprint density at radius 3 is 3.05 bits per heavy atom. The molecule has 0 aromatic heterocycles. The topological polar surface area (TPSA) is 64.3 Å². The molecule has 1 aromatic carbocycles. The number of rotatable bonds is 5. The molecule has 0 heterocycles. The number of nitrogens with two attached hydrogens (primary N) is 1. The van der Waals surface area contributed by atoms with Crippen molar-refractivity contribution in [3.8, 4) is 5.75 Å². The van der Waals surface area contributed by atoms with Crippen molar-refractivity contribution >= 4 is 5.91 Å². The van der Waals surface area contributed by atoms with Crippen LogP contribution in [-0.4, -0.2) is 24.6 Å². The third-order valence-electron chi connectivity index (χ3n) is 4.13. The minimum absolute atomic E-state index is 0.0399. The molecule has 1 aromatic rings. The van der Waals surface area contributed by atoms with Gasteiger partial charge in [-0.15, -0.1) is 0 Å². The van der Waals surface area contributed by atoms with E-state index in [9.17, 15) is 4.79 Å². The molecule has 0 spiro atoms. The summed E-state index contributed by atoms with van der Waals surface area (Å²) in [4.78, 5) is 12.2. The lowest BCUT2D eigenvalue weighted by molar-refractivity contribution is -0.128. The number of nitrogens with one attached hydrogen (secondary N) is 1. The van der Waals surface area contributed by atoms with Crippen molar-refractivity contribution in [1.82, 2.24) is 5.32 Å². The number of ether oxygens (including phenoxy) is 1. The first-order valence-corrected chi connectivity index (χ1v) is 7.76. The molecule has 2 unspecified atom stereocenters. The first-order valence-electron chi connectivity index (χ1n) is 7.76. The molecular formula is C17H26N2O2. The van der Waals surface area contributed by atoms with Gasteiger partial charge in [0.15, 0.2) is 0 Å². The van der Waals surface area contributed by atoms with Crippen molar-refractivity contribution in [2.75, 3.05) is 13.2 Å². The number of carbonyl (C=O) groups is 1. The van der Waals surface area contributed by atoms with Crippen molar-refractivity contribution in [1.29, 1.82) is 0 Å². The summed E-state index contributed by atoms with van der Waals surface area (Å²) in [6, 6.07) is 7.88. The van der Waals surface area contributed by atoms with E-state index >= 15 is 0 Å². The highest BCUT2D eigenvalue weighted by Gasteiger charge is 2.37. The number of amides is 1. The average molecular weight is 290 g/mol. The molecule has 1 aliphatic carbocycles. The molecule has 1 fully saturated rings. The average Bonchev–Trinajstić information content (AvgIpc) is 2.43. The second-order valence-electron chi connectivity index (χ2n) is 6.28. The van der Waals surface area contributed by atoms with Gasteiger partial charge in [0, 0.05) is 0 Å². The Morgan fingerprint density at radius 2 is 2.33 bits per heavy atom. The van der Waals surface area contributed by atoms with E-state index in [1.807, 2.05) is 31.2 Å². The molecule has 0 saturated heterocycles. The van der Waals surface area contributed by atoms with E-state index in [-0.39, 0.29) is 5.91 Å². The lowest BCUT2D eigenvalue weighted by Crippen LogP contribution is -2.56.